The van der Waals surface area contributed by atoms with Crippen molar-refractivity contribution in [2.24, 2.45) is 0 Å². The van der Waals surface area contributed by atoms with Crippen molar-refractivity contribution >= 4 is 34.4 Å². The average molecular weight is 367 g/mol. The van der Waals surface area contributed by atoms with Gasteiger partial charge in [0, 0.05) is 12.2 Å². The first-order valence-corrected chi connectivity index (χ1v) is 8.37. The molecule has 1 fully saturated rings. The number of benzene rings is 1. The maximum absolute atomic E-state index is 14.5. The van der Waals surface area contributed by atoms with E-state index in [0.717, 1.165) is 19.3 Å². The summed E-state index contributed by atoms with van der Waals surface area (Å²) < 4.78 is 21.9. The summed E-state index contributed by atoms with van der Waals surface area (Å²) in [5, 5.41) is 4.82. The van der Waals surface area contributed by atoms with Gasteiger partial charge in [0.1, 0.15) is 16.4 Å². The Morgan fingerprint density at radius 3 is 2.92 bits per heavy atom. The fraction of sp³-hybridized carbons (Fsp3) is 0.312. The molecular weight excluding hydrogens is 354 g/mol. The van der Waals surface area contributed by atoms with Gasteiger partial charge in [-0.3, -0.25) is 0 Å². The van der Waals surface area contributed by atoms with Crippen LogP contribution >= 0.6 is 23.2 Å². The number of hydrogen-bond acceptors (Lipinski definition) is 4. The Balaban J connectivity index is 1.94. The fourth-order valence-corrected chi connectivity index (χ4v) is 3.18. The van der Waals surface area contributed by atoms with Crippen LogP contribution in [0.4, 0.5) is 4.39 Å². The minimum absolute atomic E-state index is 0.0334. The highest BCUT2D eigenvalue weighted by Gasteiger charge is 2.25. The fourth-order valence-electron chi connectivity index (χ4n) is 2.87. The van der Waals surface area contributed by atoms with Gasteiger partial charge in [-0.05, 0) is 31.4 Å². The second kappa shape index (κ2) is 6.27. The smallest absolute Gasteiger partial charge is 0.181 e. The largest absolute Gasteiger partial charge is 0.356 e. The number of fused-ring (bicyclic) bond motifs is 1. The van der Waals surface area contributed by atoms with E-state index in [0.29, 0.717) is 23.5 Å². The normalized spacial score (nSPS) is 18.2. The highest BCUT2D eigenvalue weighted by Crippen LogP contribution is 2.34. The molecule has 1 saturated heterocycles. The number of nitrogens with zero attached hydrogens (tertiary/aromatic N) is 4. The Morgan fingerprint density at radius 1 is 1.25 bits per heavy atom. The van der Waals surface area contributed by atoms with Crippen molar-refractivity contribution in [2.75, 3.05) is 6.61 Å². The summed E-state index contributed by atoms with van der Waals surface area (Å²) in [4.78, 5) is 8.62. The van der Waals surface area contributed by atoms with E-state index >= 15 is 0 Å². The lowest BCUT2D eigenvalue weighted by Gasteiger charge is -2.22. The monoisotopic (exact) mass is 366 g/mol. The maximum Gasteiger partial charge on any atom is 0.181 e. The summed E-state index contributed by atoms with van der Waals surface area (Å²) in [6.07, 6.45) is 4.01. The van der Waals surface area contributed by atoms with Crippen molar-refractivity contribution in [1.82, 2.24) is 19.7 Å². The molecule has 0 N–H and O–H groups in total. The van der Waals surface area contributed by atoms with E-state index in [4.69, 9.17) is 27.9 Å². The molecule has 8 heteroatoms. The molecule has 2 aromatic heterocycles. The van der Waals surface area contributed by atoms with Gasteiger partial charge in [-0.2, -0.15) is 5.10 Å². The zero-order valence-electron chi connectivity index (χ0n) is 12.5. The van der Waals surface area contributed by atoms with Gasteiger partial charge in [0.05, 0.1) is 11.2 Å². The molecule has 0 radical (unpaired) electrons. The van der Waals surface area contributed by atoms with Crippen molar-refractivity contribution in [3.05, 3.63) is 40.4 Å². The van der Waals surface area contributed by atoms with Crippen LogP contribution < -0.4 is 0 Å². The van der Waals surface area contributed by atoms with Crippen LogP contribution in [0.2, 0.25) is 10.2 Å². The van der Waals surface area contributed by atoms with Gasteiger partial charge in [0.25, 0.3) is 0 Å². The van der Waals surface area contributed by atoms with Crippen molar-refractivity contribution < 1.29 is 9.13 Å². The van der Waals surface area contributed by atoms with E-state index < -0.39 is 5.82 Å². The molecule has 0 bridgehead atoms. The van der Waals surface area contributed by atoms with Crippen LogP contribution in [0.15, 0.2) is 24.4 Å². The summed E-state index contributed by atoms with van der Waals surface area (Å²) >= 11 is 11.9. The van der Waals surface area contributed by atoms with E-state index in [1.165, 1.54) is 12.3 Å². The SMILES string of the molecule is Fc1c(Cl)cccc1-c1nn(C2CCCCO2)c2nc(Cl)cnc12. The van der Waals surface area contributed by atoms with E-state index in [1.807, 2.05) is 0 Å². The Labute approximate surface area is 147 Å². The van der Waals surface area contributed by atoms with Crippen LogP contribution in [0.3, 0.4) is 0 Å². The van der Waals surface area contributed by atoms with E-state index in [9.17, 15) is 4.39 Å². The third-order valence-corrected chi connectivity index (χ3v) is 4.48. The first-order valence-electron chi connectivity index (χ1n) is 7.62. The summed E-state index contributed by atoms with van der Waals surface area (Å²) in [6.45, 7) is 0.654. The zero-order chi connectivity index (χ0) is 16.7. The van der Waals surface area contributed by atoms with Crippen LogP contribution in [-0.2, 0) is 4.74 Å². The lowest BCUT2D eigenvalue weighted by atomic mass is 10.1. The lowest BCUT2D eigenvalue weighted by molar-refractivity contribution is -0.0368. The van der Waals surface area contributed by atoms with Crippen LogP contribution in [0.25, 0.3) is 22.4 Å². The Bertz CT molecular complexity index is 908. The maximum atomic E-state index is 14.5. The van der Waals surface area contributed by atoms with Gasteiger partial charge in [-0.25, -0.2) is 19.0 Å². The molecule has 3 heterocycles. The van der Waals surface area contributed by atoms with Crippen molar-refractivity contribution in [2.45, 2.75) is 25.5 Å². The van der Waals surface area contributed by atoms with Gasteiger partial charge in [-0.15, -0.1) is 0 Å². The predicted octanol–water partition coefficient (Wildman–Crippen LogP) is 4.64. The molecule has 5 nitrogen and oxygen atoms in total. The van der Waals surface area contributed by atoms with Crippen LogP contribution in [0.5, 0.6) is 0 Å². The van der Waals surface area contributed by atoms with Crippen molar-refractivity contribution in [1.29, 1.82) is 0 Å². The lowest BCUT2D eigenvalue weighted by Crippen LogP contribution is -2.19. The van der Waals surface area contributed by atoms with Crippen molar-refractivity contribution in [3.8, 4) is 11.3 Å². The predicted molar refractivity (Wildman–Crippen MR) is 89.6 cm³/mol. The molecule has 1 aliphatic rings. The van der Waals surface area contributed by atoms with E-state index in [2.05, 4.69) is 15.1 Å². The molecule has 4 rings (SSSR count). The summed E-state index contributed by atoms with van der Waals surface area (Å²) in [7, 11) is 0. The zero-order valence-corrected chi connectivity index (χ0v) is 14.1. The minimum atomic E-state index is -0.535. The molecule has 1 aliphatic heterocycles. The topological polar surface area (TPSA) is 52.8 Å². The molecule has 0 amide bonds. The summed E-state index contributed by atoms with van der Waals surface area (Å²) in [5.74, 6) is -0.535. The van der Waals surface area contributed by atoms with Gasteiger partial charge in [0.15, 0.2) is 17.7 Å². The first-order chi connectivity index (χ1) is 11.6. The molecule has 0 aliphatic carbocycles. The van der Waals surface area contributed by atoms with E-state index in [1.54, 1.807) is 16.8 Å². The Kier molecular flexibility index (Phi) is 4.12. The molecule has 1 aromatic carbocycles. The number of hydrogen-bond donors (Lipinski definition) is 0. The summed E-state index contributed by atoms with van der Waals surface area (Å²) in [5.41, 5.74) is 1.60. The summed E-state index contributed by atoms with van der Waals surface area (Å²) in [6, 6.07) is 4.78. The quantitative estimate of drug-likeness (QED) is 0.662. The standard InChI is InChI=1S/C16H13Cl2FN4O/c17-10-5-3-4-9(13(10)19)14-15-16(21-11(18)8-20-15)23(22-14)12-6-1-2-7-24-12/h3-5,8,12H,1-2,6-7H2. The molecule has 0 saturated carbocycles. The molecule has 124 valence electrons. The Hall–Kier alpha value is -1.76. The van der Waals surface area contributed by atoms with Gasteiger partial charge in [0.2, 0.25) is 0 Å². The number of rotatable bonds is 2. The molecular formula is C16H13Cl2FN4O. The molecule has 1 unspecified atom stereocenters. The van der Waals surface area contributed by atoms with Crippen molar-refractivity contribution in [3.63, 3.8) is 0 Å². The average Bonchev–Trinajstić information content (AvgIpc) is 2.96. The molecule has 3 aromatic rings. The van der Waals surface area contributed by atoms with Gasteiger partial charge >= 0.3 is 0 Å². The highest BCUT2D eigenvalue weighted by atomic mass is 35.5. The second-order valence-corrected chi connectivity index (χ2v) is 6.38. The number of ether oxygens (including phenoxy) is 1. The van der Waals surface area contributed by atoms with Crippen LogP contribution in [0, 0.1) is 5.82 Å². The number of halogens is 3. The van der Waals surface area contributed by atoms with Crippen LogP contribution in [0.1, 0.15) is 25.5 Å². The minimum Gasteiger partial charge on any atom is -0.356 e. The second-order valence-electron chi connectivity index (χ2n) is 5.58. The third kappa shape index (κ3) is 2.64. The highest BCUT2D eigenvalue weighted by molar-refractivity contribution is 6.31. The van der Waals surface area contributed by atoms with Gasteiger partial charge < -0.3 is 4.74 Å². The van der Waals surface area contributed by atoms with E-state index in [-0.39, 0.29) is 22.0 Å². The molecule has 24 heavy (non-hydrogen) atoms. The number of aromatic nitrogens is 4. The Morgan fingerprint density at radius 2 is 2.12 bits per heavy atom. The third-order valence-electron chi connectivity index (χ3n) is 4.01. The van der Waals surface area contributed by atoms with Gasteiger partial charge in [-0.1, -0.05) is 29.3 Å². The molecule has 1 atom stereocenters. The van der Waals surface area contributed by atoms with Crippen LogP contribution in [-0.4, -0.2) is 26.4 Å². The molecule has 0 spiro atoms. The first kappa shape index (κ1) is 15.7.